The molecule has 0 spiro atoms. The molecule has 116 valence electrons. The van der Waals surface area contributed by atoms with Gasteiger partial charge in [0.15, 0.2) is 0 Å². The summed E-state index contributed by atoms with van der Waals surface area (Å²) < 4.78 is 0. The summed E-state index contributed by atoms with van der Waals surface area (Å²) in [5.74, 6) is 0.977. The molecule has 1 aliphatic rings. The quantitative estimate of drug-likeness (QED) is 0.929. The summed E-state index contributed by atoms with van der Waals surface area (Å²) in [5, 5.41) is 11.0. The Hall–Kier alpha value is -2.09. The predicted octanol–water partition coefficient (Wildman–Crippen LogP) is 1.80. The van der Waals surface area contributed by atoms with E-state index in [9.17, 15) is 4.79 Å². The number of carbonyl (C=O) groups is 1. The Morgan fingerprint density at radius 2 is 2.14 bits per heavy atom. The third-order valence-electron chi connectivity index (χ3n) is 3.81. The van der Waals surface area contributed by atoms with Crippen LogP contribution in [0.5, 0.6) is 0 Å². The van der Waals surface area contributed by atoms with Crippen LogP contribution in [0, 0.1) is 19.8 Å². The molecular weight excluding hydrogens is 300 g/mol. The van der Waals surface area contributed by atoms with E-state index in [0.29, 0.717) is 5.13 Å². The maximum absolute atomic E-state index is 12.2. The zero-order chi connectivity index (χ0) is 15.5. The molecule has 0 radical (unpaired) electrons. The van der Waals surface area contributed by atoms with E-state index in [0.717, 1.165) is 43.1 Å². The van der Waals surface area contributed by atoms with Crippen LogP contribution in [-0.2, 0) is 4.79 Å². The minimum atomic E-state index is 0.0122. The van der Waals surface area contributed by atoms with Crippen molar-refractivity contribution in [1.82, 2.24) is 20.2 Å². The van der Waals surface area contributed by atoms with E-state index in [1.54, 1.807) is 11.7 Å². The largest absolute Gasteiger partial charge is 0.355 e. The van der Waals surface area contributed by atoms with Gasteiger partial charge in [0.2, 0.25) is 11.0 Å². The van der Waals surface area contributed by atoms with Crippen LogP contribution < -0.4 is 10.2 Å². The maximum atomic E-state index is 12.2. The monoisotopic (exact) mass is 318 g/mol. The molecule has 22 heavy (non-hydrogen) atoms. The molecule has 2 aromatic rings. The van der Waals surface area contributed by atoms with Crippen LogP contribution in [0.1, 0.15) is 24.2 Å². The van der Waals surface area contributed by atoms with E-state index in [1.807, 2.05) is 13.8 Å². The van der Waals surface area contributed by atoms with Crippen LogP contribution in [0.3, 0.4) is 0 Å². The van der Waals surface area contributed by atoms with Gasteiger partial charge in [-0.05, 0) is 26.7 Å². The summed E-state index contributed by atoms with van der Waals surface area (Å²) in [4.78, 5) is 23.4. The average Bonchev–Trinajstić information content (AvgIpc) is 3.03. The minimum Gasteiger partial charge on any atom is -0.355 e. The summed E-state index contributed by atoms with van der Waals surface area (Å²) in [7, 11) is 0. The van der Waals surface area contributed by atoms with Crippen LogP contribution in [0.2, 0.25) is 0 Å². The predicted molar refractivity (Wildman–Crippen MR) is 85.0 cm³/mol. The first-order valence-corrected chi connectivity index (χ1v) is 8.13. The molecule has 1 N–H and O–H groups in total. The molecule has 1 amide bonds. The van der Waals surface area contributed by atoms with Crippen molar-refractivity contribution in [3.8, 4) is 0 Å². The van der Waals surface area contributed by atoms with Crippen molar-refractivity contribution < 1.29 is 4.79 Å². The van der Waals surface area contributed by atoms with Gasteiger partial charge in [-0.1, -0.05) is 11.3 Å². The summed E-state index contributed by atoms with van der Waals surface area (Å²) in [6.07, 6.45) is 3.39. The highest BCUT2D eigenvalue weighted by Crippen LogP contribution is 2.24. The standard InChI is InChI=1S/C14H18N6OS/c1-9-7-15-10(2)12(17-9)20-5-3-11(4-6-20)13(21)18-14-19-16-8-22-14/h7-8,11H,3-6H2,1-2H3,(H,18,19,21). The first-order chi connectivity index (χ1) is 10.6. The second kappa shape index (κ2) is 6.35. The Balaban J connectivity index is 1.60. The lowest BCUT2D eigenvalue weighted by Gasteiger charge is -2.32. The van der Waals surface area contributed by atoms with Crippen LogP contribution in [0.4, 0.5) is 10.9 Å². The summed E-state index contributed by atoms with van der Waals surface area (Å²) in [5.41, 5.74) is 3.45. The van der Waals surface area contributed by atoms with E-state index in [2.05, 4.69) is 30.4 Å². The van der Waals surface area contributed by atoms with Gasteiger partial charge in [0, 0.05) is 25.2 Å². The number of nitrogens with zero attached hydrogens (tertiary/aromatic N) is 5. The number of nitrogens with one attached hydrogen (secondary N) is 1. The van der Waals surface area contributed by atoms with Gasteiger partial charge in [0.05, 0.1) is 11.4 Å². The van der Waals surface area contributed by atoms with Crippen molar-refractivity contribution in [1.29, 1.82) is 0 Å². The van der Waals surface area contributed by atoms with Gasteiger partial charge in [-0.3, -0.25) is 9.78 Å². The molecule has 8 heteroatoms. The van der Waals surface area contributed by atoms with Gasteiger partial charge >= 0.3 is 0 Å². The number of anilines is 2. The molecule has 0 atom stereocenters. The van der Waals surface area contributed by atoms with Gasteiger partial charge in [0.25, 0.3) is 0 Å². The minimum absolute atomic E-state index is 0.0122. The Morgan fingerprint density at radius 1 is 1.36 bits per heavy atom. The molecule has 0 unspecified atom stereocenters. The maximum Gasteiger partial charge on any atom is 0.229 e. The third-order valence-corrected chi connectivity index (χ3v) is 4.41. The van der Waals surface area contributed by atoms with E-state index >= 15 is 0 Å². The fourth-order valence-electron chi connectivity index (χ4n) is 2.61. The number of aromatic nitrogens is 4. The molecule has 1 fully saturated rings. The Morgan fingerprint density at radius 3 is 2.82 bits per heavy atom. The zero-order valence-electron chi connectivity index (χ0n) is 12.6. The molecule has 3 heterocycles. The summed E-state index contributed by atoms with van der Waals surface area (Å²) in [6.45, 7) is 5.54. The Labute approximate surface area is 132 Å². The van der Waals surface area contributed by atoms with Crippen LogP contribution >= 0.6 is 11.3 Å². The molecule has 2 aromatic heterocycles. The molecule has 3 rings (SSSR count). The fraction of sp³-hybridized carbons (Fsp3) is 0.500. The summed E-state index contributed by atoms with van der Waals surface area (Å²) >= 11 is 1.33. The van der Waals surface area contributed by atoms with Crippen LogP contribution in [0.15, 0.2) is 11.7 Å². The number of amides is 1. The smallest absolute Gasteiger partial charge is 0.229 e. The third kappa shape index (κ3) is 3.22. The number of rotatable bonds is 3. The van der Waals surface area contributed by atoms with E-state index in [-0.39, 0.29) is 11.8 Å². The van der Waals surface area contributed by atoms with E-state index in [4.69, 9.17) is 0 Å². The van der Waals surface area contributed by atoms with Gasteiger partial charge in [-0.25, -0.2) is 4.98 Å². The lowest BCUT2D eigenvalue weighted by Crippen LogP contribution is -2.39. The highest BCUT2D eigenvalue weighted by molar-refractivity contribution is 7.13. The number of aryl methyl sites for hydroxylation is 2. The summed E-state index contributed by atoms with van der Waals surface area (Å²) in [6, 6.07) is 0. The van der Waals surface area contributed by atoms with Gasteiger partial charge < -0.3 is 10.2 Å². The van der Waals surface area contributed by atoms with E-state index < -0.39 is 0 Å². The molecule has 0 aliphatic carbocycles. The average molecular weight is 318 g/mol. The van der Waals surface area contributed by atoms with Gasteiger partial charge in [-0.2, -0.15) is 0 Å². The normalized spacial score (nSPS) is 15.8. The van der Waals surface area contributed by atoms with Crippen LogP contribution in [-0.4, -0.2) is 39.2 Å². The first kappa shape index (κ1) is 14.8. The fourth-order valence-corrected chi connectivity index (χ4v) is 3.06. The van der Waals surface area contributed by atoms with Crippen molar-refractivity contribution in [2.24, 2.45) is 5.92 Å². The number of carbonyl (C=O) groups excluding carboxylic acids is 1. The number of piperidine rings is 1. The van der Waals surface area contributed by atoms with Crippen molar-refractivity contribution in [3.05, 3.63) is 23.1 Å². The second-order valence-corrected chi connectivity index (χ2v) is 6.25. The highest BCUT2D eigenvalue weighted by Gasteiger charge is 2.27. The second-order valence-electron chi connectivity index (χ2n) is 5.41. The molecule has 1 saturated heterocycles. The SMILES string of the molecule is Cc1cnc(C)c(N2CCC(C(=O)Nc3nncs3)CC2)n1. The van der Waals surface area contributed by atoms with Crippen molar-refractivity contribution in [3.63, 3.8) is 0 Å². The van der Waals surface area contributed by atoms with Gasteiger partial charge in [0.1, 0.15) is 11.3 Å². The van der Waals surface area contributed by atoms with Gasteiger partial charge in [-0.15, -0.1) is 10.2 Å². The Kier molecular flexibility index (Phi) is 4.28. The van der Waals surface area contributed by atoms with Crippen molar-refractivity contribution in [2.75, 3.05) is 23.3 Å². The van der Waals surface area contributed by atoms with Crippen LogP contribution in [0.25, 0.3) is 0 Å². The number of hydrogen-bond acceptors (Lipinski definition) is 7. The van der Waals surface area contributed by atoms with Crippen molar-refractivity contribution >= 4 is 28.2 Å². The van der Waals surface area contributed by atoms with Crippen molar-refractivity contribution in [2.45, 2.75) is 26.7 Å². The topological polar surface area (TPSA) is 83.9 Å². The van der Waals surface area contributed by atoms with E-state index in [1.165, 1.54) is 11.3 Å². The zero-order valence-corrected chi connectivity index (χ0v) is 13.4. The Bertz CT molecular complexity index is 651. The molecule has 1 aliphatic heterocycles. The molecule has 0 saturated carbocycles. The molecule has 0 aromatic carbocycles. The lowest BCUT2D eigenvalue weighted by molar-refractivity contribution is -0.120. The molecule has 0 bridgehead atoms. The molecule has 7 nitrogen and oxygen atoms in total. The highest BCUT2D eigenvalue weighted by atomic mass is 32.1. The number of hydrogen-bond donors (Lipinski definition) is 1. The first-order valence-electron chi connectivity index (χ1n) is 7.25. The molecular formula is C14H18N6OS. The lowest BCUT2D eigenvalue weighted by atomic mass is 9.96.